The van der Waals surface area contributed by atoms with E-state index in [2.05, 4.69) is 0 Å². The number of phenols is 2. The predicted octanol–water partition coefficient (Wildman–Crippen LogP) is 0.753. The fraction of sp³-hybridized carbons (Fsp3) is 0. The molecule has 0 saturated heterocycles. The molecule has 0 aromatic heterocycles. The first-order valence-electron chi connectivity index (χ1n) is 4.50. The van der Waals surface area contributed by atoms with Crippen molar-refractivity contribution in [2.45, 2.75) is 0 Å². The summed E-state index contributed by atoms with van der Waals surface area (Å²) in [5.41, 5.74) is 0. The normalized spacial score (nSPS) is 10.1. The first-order valence-corrected chi connectivity index (χ1v) is 6.21. The third-order valence-electron chi connectivity index (χ3n) is 1.91. The quantitative estimate of drug-likeness (QED) is 0.787. The van der Waals surface area contributed by atoms with Crippen LogP contribution in [0.4, 0.5) is 0 Å². The molecule has 0 atom stereocenters. The molecule has 2 N–H and O–H groups in total. The maximum absolute atomic E-state index is 9.13. The Hall–Kier alpha value is -1.44. The van der Waals surface area contributed by atoms with E-state index in [4.69, 9.17) is 10.2 Å². The topological polar surface area (TPSA) is 40.5 Å². The van der Waals surface area contributed by atoms with Gasteiger partial charge in [0.1, 0.15) is 0 Å². The van der Waals surface area contributed by atoms with Crippen molar-refractivity contribution in [1.29, 1.82) is 0 Å². The Morgan fingerprint density at radius 2 is 0.933 bits per heavy atom. The molecule has 0 fully saturated rings. The summed E-state index contributed by atoms with van der Waals surface area (Å²) in [6.45, 7) is 0. The van der Waals surface area contributed by atoms with E-state index < -0.39 is 0 Å². The summed E-state index contributed by atoms with van der Waals surface area (Å²) >= 11 is 0.224. The Balaban J connectivity index is 2.15. The van der Waals surface area contributed by atoms with Crippen LogP contribution >= 0.6 is 0 Å². The molecule has 15 heavy (non-hydrogen) atoms. The summed E-state index contributed by atoms with van der Waals surface area (Å²) in [7, 11) is 0. The molecule has 2 aromatic carbocycles. The second-order valence-electron chi connectivity index (χ2n) is 3.09. The van der Waals surface area contributed by atoms with Gasteiger partial charge in [0.25, 0.3) is 0 Å². The fourth-order valence-electron chi connectivity index (χ4n) is 1.16. The molecule has 0 aliphatic rings. The third kappa shape index (κ3) is 2.75. The van der Waals surface area contributed by atoms with Crippen molar-refractivity contribution >= 4 is 23.9 Å². The van der Waals surface area contributed by atoms with Gasteiger partial charge in [-0.05, 0) is 0 Å². The van der Waals surface area contributed by atoms with Gasteiger partial charge in [-0.25, -0.2) is 0 Å². The Kier molecular flexibility index (Phi) is 2.95. The fourth-order valence-corrected chi connectivity index (χ4v) is 2.88. The Bertz CT molecular complexity index is 391. The average Bonchev–Trinajstić information content (AvgIpc) is 2.25. The van der Waals surface area contributed by atoms with Gasteiger partial charge in [0, 0.05) is 0 Å². The van der Waals surface area contributed by atoms with Gasteiger partial charge < -0.3 is 0 Å². The van der Waals surface area contributed by atoms with Gasteiger partial charge in [0.2, 0.25) is 0 Å². The van der Waals surface area contributed by atoms with E-state index in [0.717, 1.165) is 0 Å². The van der Waals surface area contributed by atoms with E-state index in [-0.39, 0.29) is 15.0 Å². The molecule has 0 aliphatic carbocycles. The maximum atomic E-state index is 9.13. The van der Waals surface area contributed by atoms with Gasteiger partial charge in [-0.15, -0.1) is 0 Å². The van der Waals surface area contributed by atoms with Crippen LogP contribution in [0.1, 0.15) is 0 Å². The standard InChI is InChI=1S/C12H10O2Se/c13-9-1-5-11(6-2-9)15-12-7-3-10(14)4-8-12/h1-8,13-14H. The molecular weight excluding hydrogens is 255 g/mol. The molecule has 2 aromatic rings. The van der Waals surface area contributed by atoms with Crippen molar-refractivity contribution in [2.75, 3.05) is 0 Å². The Morgan fingerprint density at radius 3 is 1.27 bits per heavy atom. The Morgan fingerprint density at radius 1 is 0.600 bits per heavy atom. The first-order chi connectivity index (χ1) is 7.24. The van der Waals surface area contributed by atoms with Crippen LogP contribution < -0.4 is 8.92 Å². The molecule has 2 rings (SSSR count). The molecule has 0 bridgehead atoms. The third-order valence-corrected chi connectivity index (χ3v) is 4.04. The zero-order chi connectivity index (χ0) is 10.7. The Labute approximate surface area is 94.4 Å². The van der Waals surface area contributed by atoms with Crippen molar-refractivity contribution in [3.8, 4) is 11.5 Å². The molecule has 0 radical (unpaired) electrons. The SMILES string of the molecule is Oc1ccc([Se]c2ccc(O)cc2)cc1. The molecule has 0 aliphatic heterocycles. The minimum atomic E-state index is 0.224. The molecule has 0 spiro atoms. The van der Waals surface area contributed by atoms with Crippen LogP contribution in [0.5, 0.6) is 11.5 Å². The summed E-state index contributed by atoms with van der Waals surface area (Å²) in [6, 6.07) is 14.4. The number of phenolic OH excluding ortho intramolecular Hbond substituents is 2. The monoisotopic (exact) mass is 266 g/mol. The zero-order valence-corrected chi connectivity index (χ0v) is 9.63. The van der Waals surface area contributed by atoms with E-state index in [1.807, 2.05) is 24.3 Å². The minimum absolute atomic E-state index is 0.224. The zero-order valence-electron chi connectivity index (χ0n) is 7.92. The van der Waals surface area contributed by atoms with Crippen LogP contribution in [0.15, 0.2) is 48.5 Å². The summed E-state index contributed by atoms with van der Waals surface area (Å²) in [5.74, 6) is 0.584. The molecule has 3 heteroatoms. The van der Waals surface area contributed by atoms with Gasteiger partial charge in [-0.2, -0.15) is 0 Å². The molecule has 76 valence electrons. The summed E-state index contributed by atoms with van der Waals surface area (Å²) in [5, 5.41) is 18.3. The van der Waals surface area contributed by atoms with Crippen molar-refractivity contribution in [2.24, 2.45) is 0 Å². The van der Waals surface area contributed by atoms with Gasteiger partial charge >= 0.3 is 94.1 Å². The van der Waals surface area contributed by atoms with Crippen LogP contribution in [0.3, 0.4) is 0 Å². The first kappa shape index (κ1) is 10.1. The number of rotatable bonds is 2. The molecule has 0 saturated carbocycles. The summed E-state index contributed by atoms with van der Waals surface area (Å²) < 4.78 is 2.40. The number of aromatic hydroxyl groups is 2. The van der Waals surface area contributed by atoms with E-state index in [1.54, 1.807) is 24.3 Å². The van der Waals surface area contributed by atoms with Crippen LogP contribution in [-0.2, 0) is 0 Å². The van der Waals surface area contributed by atoms with Crippen LogP contribution in [0, 0.1) is 0 Å². The van der Waals surface area contributed by atoms with Crippen molar-refractivity contribution < 1.29 is 10.2 Å². The van der Waals surface area contributed by atoms with Crippen molar-refractivity contribution in [3.63, 3.8) is 0 Å². The molecule has 0 amide bonds. The summed E-state index contributed by atoms with van der Waals surface area (Å²) in [6.07, 6.45) is 0. The van der Waals surface area contributed by atoms with Crippen LogP contribution in [-0.4, -0.2) is 25.2 Å². The molecular formula is C12H10O2Se. The van der Waals surface area contributed by atoms with Crippen LogP contribution in [0.2, 0.25) is 0 Å². The van der Waals surface area contributed by atoms with E-state index in [0.29, 0.717) is 11.5 Å². The molecule has 2 nitrogen and oxygen atoms in total. The van der Waals surface area contributed by atoms with Crippen molar-refractivity contribution in [1.82, 2.24) is 0 Å². The number of hydrogen-bond acceptors (Lipinski definition) is 2. The molecule has 0 unspecified atom stereocenters. The van der Waals surface area contributed by atoms with E-state index in [1.165, 1.54) is 8.92 Å². The van der Waals surface area contributed by atoms with Crippen molar-refractivity contribution in [3.05, 3.63) is 48.5 Å². The molecule has 0 heterocycles. The van der Waals surface area contributed by atoms with Gasteiger partial charge in [0.05, 0.1) is 0 Å². The van der Waals surface area contributed by atoms with Crippen LogP contribution in [0.25, 0.3) is 0 Å². The van der Waals surface area contributed by atoms with E-state index in [9.17, 15) is 0 Å². The number of hydrogen-bond donors (Lipinski definition) is 2. The predicted molar refractivity (Wildman–Crippen MR) is 61.2 cm³/mol. The summed E-state index contributed by atoms with van der Waals surface area (Å²) in [4.78, 5) is 0. The van der Waals surface area contributed by atoms with Gasteiger partial charge in [0.15, 0.2) is 0 Å². The second-order valence-corrected chi connectivity index (χ2v) is 5.50. The average molecular weight is 265 g/mol. The number of benzene rings is 2. The second kappa shape index (κ2) is 4.39. The van der Waals surface area contributed by atoms with Gasteiger partial charge in [-0.1, -0.05) is 0 Å². The van der Waals surface area contributed by atoms with E-state index >= 15 is 0 Å². The van der Waals surface area contributed by atoms with Gasteiger partial charge in [-0.3, -0.25) is 0 Å².